The lowest BCUT2D eigenvalue weighted by atomic mass is 10.0. The third-order valence-corrected chi connectivity index (χ3v) is 4.10. The SMILES string of the molecule is O=C(NC(c1ccc(Cl)cc1)c1cncnc1)c1ccc(C(F)(F)F)[nH]c1=O. The van der Waals surface area contributed by atoms with Gasteiger partial charge in [-0.1, -0.05) is 23.7 Å². The highest BCUT2D eigenvalue weighted by Gasteiger charge is 2.32. The van der Waals surface area contributed by atoms with Gasteiger partial charge in [-0.3, -0.25) is 9.59 Å². The predicted molar refractivity (Wildman–Crippen MR) is 94.9 cm³/mol. The number of aromatic amines is 1. The molecule has 3 rings (SSSR count). The highest BCUT2D eigenvalue weighted by Crippen LogP contribution is 2.27. The van der Waals surface area contributed by atoms with Gasteiger partial charge in [-0.05, 0) is 29.8 Å². The highest BCUT2D eigenvalue weighted by atomic mass is 35.5. The van der Waals surface area contributed by atoms with Crippen LogP contribution in [0.15, 0.2) is 59.9 Å². The molecule has 0 spiro atoms. The fraction of sp³-hybridized carbons (Fsp3) is 0.111. The number of hydrogen-bond donors (Lipinski definition) is 2. The van der Waals surface area contributed by atoms with E-state index in [4.69, 9.17) is 11.6 Å². The van der Waals surface area contributed by atoms with E-state index in [-0.39, 0.29) is 0 Å². The minimum Gasteiger partial charge on any atom is -0.341 e. The van der Waals surface area contributed by atoms with Crippen LogP contribution in [-0.2, 0) is 6.18 Å². The van der Waals surface area contributed by atoms with E-state index >= 15 is 0 Å². The standard InChI is InChI=1S/C18H12ClF3N4O2/c19-12-3-1-10(2-4-12)15(11-7-23-9-24-8-11)26-17(28)13-5-6-14(18(20,21)22)25-16(13)27/h1-9,15H,(H,25,27)(H,26,28). The third kappa shape index (κ3) is 4.37. The molecule has 3 aromatic rings. The molecule has 1 aromatic carbocycles. The van der Waals surface area contributed by atoms with Gasteiger partial charge in [-0.2, -0.15) is 13.2 Å². The maximum absolute atomic E-state index is 12.7. The maximum Gasteiger partial charge on any atom is 0.431 e. The fourth-order valence-corrected chi connectivity index (χ4v) is 2.63. The Bertz CT molecular complexity index is 1040. The Morgan fingerprint density at radius 1 is 1.04 bits per heavy atom. The Kier molecular flexibility index (Phi) is 5.46. The zero-order valence-corrected chi connectivity index (χ0v) is 14.8. The summed E-state index contributed by atoms with van der Waals surface area (Å²) in [6.45, 7) is 0. The van der Waals surface area contributed by atoms with Gasteiger partial charge in [0.1, 0.15) is 17.6 Å². The number of carbonyl (C=O) groups excluding carboxylic acids is 1. The fourth-order valence-electron chi connectivity index (χ4n) is 2.50. The Labute approximate surface area is 161 Å². The van der Waals surface area contributed by atoms with E-state index in [0.29, 0.717) is 22.2 Å². The van der Waals surface area contributed by atoms with Crippen LogP contribution >= 0.6 is 11.6 Å². The van der Waals surface area contributed by atoms with Gasteiger partial charge in [0.15, 0.2) is 0 Å². The Morgan fingerprint density at radius 2 is 1.68 bits per heavy atom. The average Bonchev–Trinajstić information content (AvgIpc) is 2.66. The van der Waals surface area contributed by atoms with Crippen LogP contribution in [0.4, 0.5) is 13.2 Å². The lowest BCUT2D eigenvalue weighted by Gasteiger charge is -2.19. The quantitative estimate of drug-likeness (QED) is 0.693. The molecule has 6 nitrogen and oxygen atoms in total. The molecule has 0 saturated carbocycles. The number of nitrogens with one attached hydrogen (secondary N) is 2. The summed E-state index contributed by atoms with van der Waals surface area (Å²) in [5.41, 5.74) is -1.70. The lowest BCUT2D eigenvalue weighted by molar-refractivity contribution is -0.141. The van der Waals surface area contributed by atoms with Gasteiger partial charge in [0.25, 0.3) is 11.5 Å². The van der Waals surface area contributed by atoms with Gasteiger partial charge in [-0.25, -0.2) is 9.97 Å². The minimum atomic E-state index is -4.72. The van der Waals surface area contributed by atoms with Crippen molar-refractivity contribution in [1.82, 2.24) is 20.3 Å². The van der Waals surface area contributed by atoms with Crippen molar-refractivity contribution in [3.63, 3.8) is 0 Å². The molecule has 10 heteroatoms. The summed E-state index contributed by atoms with van der Waals surface area (Å²) in [4.78, 5) is 34.0. The number of halogens is 4. The summed E-state index contributed by atoms with van der Waals surface area (Å²) in [5, 5.41) is 3.10. The number of alkyl halides is 3. The zero-order chi connectivity index (χ0) is 20.3. The second-order valence-corrected chi connectivity index (χ2v) is 6.18. The Hall–Kier alpha value is -3.20. The van der Waals surface area contributed by atoms with Crippen LogP contribution in [0.3, 0.4) is 0 Å². The van der Waals surface area contributed by atoms with E-state index in [1.165, 1.54) is 18.7 Å². The van der Waals surface area contributed by atoms with E-state index in [1.54, 1.807) is 29.2 Å². The molecule has 0 radical (unpaired) electrons. The number of rotatable bonds is 4. The van der Waals surface area contributed by atoms with Crippen LogP contribution in [0.25, 0.3) is 0 Å². The Morgan fingerprint density at radius 3 is 2.25 bits per heavy atom. The molecular formula is C18H12ClF3N4O2. The zero-order valence-electron chi connectivity index (χ0n) is 14.0. The average molecular weight is 409 g/mol. The van der Waals surface area contributed by atoms with Crippen LogP contribution in [0.1, 0.15) is 33.2 Å². The largest absolute Gasteiger partial charge is 0.431 e. The number of amides is 1. The number of H-pyrrole nitrogens is 1. The maximum atomic E-state index is 12.7. The molecule has 0 fully saturated rings. The van der Waals surface area contributed by atoms with Crippen LogP contribution in [-0.4, -0.2) is 20.9 Å². The monoisotopic (exact) mass is 408 g/mol. The van der Waals surface area contributed by atoms with Crippen molar-refractivity contribution in [2.24, 2.45) is 0 Å². The molecule has 2 N–H and O–H groups in total. The topological polar surface area (TPSA) is 87.7 Å². The van der Waals surface area contributed by atoms with Crippen molar-refractivity contribution < 1.29 is 18.0 Å². The van der Waals surface area contributed by atoms with Gasteiger partial charge in [0, 0.05) is 23.0 Å². The molecule has 2 aromatic heterocycles. The molecule has 0 bridgehead atoms. The molecule has 0 aliphatic rings. The van der Waals surface area contributed by atoms with Crippen molar-refractivity contribution in [1.29, 1.82) is 0 Å². The van der Waals surface area contributed by atoms with Crippen molar-refractivity contribution in [3.8, 4) is 0 Å². The van der Waals surface area contributed by atoms with Crippen LogP contribution < -0.4 is 10.9 Å². The van der Waals surface area contributed by atoms with E-state index < -0.39 is 34.9 Å². The molecule has 0 aliphatic carbocycles. The molecule has 0 aliphatic heterocycles. The van der Waals surface area contributed by atoms with Gasteiger partial charge < -0.3 is 10.3 Å². The third-order valence-electron chi connectivity index (χ3n) is 3.85. The van der Waals surface area contributed by atoms with E-state index in [1.807, 2.05) is 0 Å². The van der Waals surface area contributed by atoms with Crippen LogP contribution in [0.5, 0.6) is 0 Å². The van der Waals surface area contributed by atoms with Crippen molar-refractivity contribution in [2.45, 2.75) is 12.2 Å². The van der Waals surface area contributed by atoms with Crippen molar-refractivity contribution >= 4 is 17.5 Å². The molecule has 1 amide bonds. The lowest BCUT2D eigenvalue weighted by Crippen LogP contribution is -2.34. The molecule has 1 unspecified atom stereocenters. The molecule has 2 heterocycles. The summed E-state index contributed by atoms with van der Waals surface area (Å²) < 4.78 is 38.1. The van der Waals surface area contributed by atoms with Crippen molar-refractivity contribution in [2.75, 3.05) is 0 Å². The smallest absolute Gasteiger partial charge is 0.341 e. The van der Waals surface area contributed by atoms with E-state index in [2.05, 4.69) is 15.3 Å². The molecule has 0 saturated heterocycles. The van der Waals surface area contributed by atoms with Crippen LogP contribution in [0.2, 0.25) is 5.02 Å². The second-order valence-electron chi connectivity index (χ2n) is 5.74. The summed E-state index contributed by atoms with van der Waals surface area (Å²) in [6.07, 6.45) is -0.459. The summed E-state index contributed by atoms with van der Waals surface area (Å²) >= 11 is 5.89. The summed E-state index contributed by atoms with van der Waals surface area (Å²) in [6, 6.07) is 7.29. The van der Waals surface area contributed by atoms with Gasteiger partial charge >= 0.3 is 6.18 Å². The van der Waals surface area contributed by atoms with Gasteiger partial charge in [0.2, 0.25) is 0 Å². The van der Waals surface area contributed by atoms with Gasteiger partial charge in [0.05, 0.1) is 6.04 Å². The first-order chi connectivity index (χ1) is 13.3. The number of nitrogens with zero attached hydrogens (tertiary/aromatic N) is 2. The first-order valence-electron chi connectivity index (χ1n) is 7.87. The molecule has 28 heavy (non-hydrogen) atoms. The van der Waals surface area contributed by atoms with Crippen LogP contribution in [0, 0.1) is 0 Å². The number of carbonyl (C=O) groups is 1. The van der Waals surface area contributed by atoms with Gasteiger partial charge in [-0.15, -0.1) is 0 Å². The molecular weight excluding hydrogens is 397 g/mol. The van der Waals surface area contributed by atoms with E-state index in [9.17, 15) is 22.8 Å². The highest BCUT2D eigenvalue weighted by molar-refractivity contribution is 6.30. The summed E-state index contributed by atoms with van der Waals surface area (Å²) in [7, 11) is 0. The number of pyridine rings is 1. The summed E-state index contributed by atoms with van der Waals surface area (Å²) in [5.74, 6) is -0.848. The Balaban J connectivity index is 1.94. The first-order valence-corrected chi connectivity index (χ1v) is 8.25. The normalized spacial score (nSPS) is 12.4. The number of hydrogen-bond acceptors (Lipinski definition) is 4. The second kappa shape index (κ2) is 7.81. The number of benzene rings is 1. The molecule has 1 atom stereocenters. The predicted octanol–water partition coefficient (Wildman–Crippen LogP) is 3.36. The van der Waals surface area contributed by atoms with Crippen molar-refractivity contribution in [3.05, 3.63) is 92.9 Å². The number of aromatic nitrogens is 3. The minimum absolute atomic E-state index is 0.455. The molecule has 144 valence electrons. The first kappa shape index (κ1) is 19.6. The van der Waals surface area contributed by atoms with E-state index in [0.717, 1.165) is 6.07 Å².